The zero-order chi connectivity index (χ0) is 22.0. The molecule has 0 bridgehead atoms. The van der Waals surface area contributed by atoms with E-state index in [1.54, 1.807) is 18.3 Å². The van der Waals surface area contributed by atoms with E-state index in [4.69, 9.17) is 5.26 Å². The van der Waals surface area contributed by atoms with Crippen LogP contribution < -0.4 is 4.90 Å². The molecule has 0 radical (unpaired) electrons. The summed E-state index contributed by atoms with van der Waals surface area (Å²) in [5, 5.41) is 8.90. The quantitative estimate of drug-likeness (QED) is 0.694. The van der Waals surface area contributed by atoms with E-state index in [2.05, 4.69) is 16.0 Å². The van der Waals surface area contributed by atoms with Crippen molar-refractivity contribution >= 4 is 33.1 Å². The van der Waals surface area contributed by atoms with Crippen LogP contribution in [0.5, 0.6) is 0 Å². The van der Waals surface area contributed by atoms with Crippen molar-refractivity contribution in [2.75, 3.05) is 44.2 Å². The summed E-state index contributed by atoms with van der Waals surface area (Å²) >= 11 is 1.28. The first-order valence-electron chi connectivity index (χ1n) is 10.3. The smallest absolute Gasteiger partial charge is 0.252 e. The second-order valence-electron chi connectivity index (χ2n) is 7.87. The van der Waals surface area contributed by atoms with Crippen molar-refractivity contribution in [3.63, 3.8) is 0 Å². The van der Waals surface area contributed by atoms with E-state index in [9.17, 15) is 13.2 Å². The van der Waals surface area contributed by atoms with Gasteiger partial charge in [0.1, 0.15) is 16.1 Å². The molecule has 2 aromatic rings. The molecule has 2 fully saturated rings. The Morgan fingerprint density at radius 3 is 2.35 bits per heavy atom. The Labute approximate surface area is 186 Å². The Balaban J connectivity index is 1.30. The molecule has 164 valence electrons. The largest absolute Gasteiger partial charge is 0.357 e. The SMILES string of the molecule is Cc1ccc(S(=O)(=O)N2CCN(C(=O)C3CCN(c4ccc(C#N)cn4)CC3)CC2)s1. The molecule has 0 saturated carbocycles. The lowest BCUT2D eigenvalue weighted by atomic mass is 9.95. The number of nitriles is 1. The summed E-state index contributed by atoms with van der Waals surface area (Å²) in [6.45, 7) is 4.89. The lowest BCUT2D eigenvalue weighted by molar-refractivity contribution is -0.137. The molecule has 1 amide bonds. The highest BCUT2D eigenvalue weighted by atomic mass is 32.2. The zero-order valence-corrected chi connectivity index (χ0v) is 19.0. The normalized spacial score (nSPS) is 18.7. The number of hydrogen-bond donors (Lipinski definition) is 0. The number of amides is 1. The van der Waals surface area contributed by atoms with Crippen molar-refractivity contribution in [2.24, 2.45) is 5.92 Å². The molecule has 2 saturated heterocycles. The number of hydrogen-bond acceptors (Lipinski definition) is 7. The van der Waals surface area contributed by atoms with Crippen LogP contribution >= 0.6 is 11.3 Å². The molecule has 0 unspecified atom stereocenters. The average molecular weight is 460 g/mol. The van der Waals surface area contributed by atoms with Gasteiger partial charge in [-0.3, -0.25) is 4.79 Å². The molecule has 0 aliphatic carbocycles. The minimum Gasteiger partial charge on any atom is -0.357 e. The van der Waals surface area contributed by atoms with Gasteiger partial charge in [-0.1, -0.05) is 0 Å². The van der Waals surface area contributed by atoms with Gasteiger partial charge in [-0.15, -0.1) is 11.3 Å². The summed E-state index contributed by atoms with van der Waals surface area (Å²) in [6.07, 6.45) is 3.05. The van der Waals surface area contributed by atoms with Crippen molar-refractivity contribution in [1.82, 2.24) is 14.2 Å². The maximum absolute atomic E-state index is 13.0. The lowest BCUT2D eigenvalue weighted by Gasteiger charge is -2.38. The Morgan fingerprint density at radius 1 is 1.10 bits per heavy atom. The van der Waals surface area contributed by atoms with E-state index in [1.807, 2.05) is 24.0 Å². The van der Waals surface area contributed by atoms with Gasteiger partial charge in [-0.05, 0) is 44.0 Å². The van der Waals surface area contributed by atoms with Crippen molar-refractivity contribution in [3.8, 4) is 6.07 Å². The monoisotopic (exact) mass is 459 g/mol. The lowest BCUT2D eigenvalue weighted by Crippen LogP contribution is -2.52. The second-order valence-corrected chi connectivity index (χ2v) is 11.3. The average Bonchev–Trinajstić information content (AvgIpc) is 3.26. The summed E-state index contributed by atoms with van der Waals surface area (Å²) in [7, 11) is -3.48. The van der Waals surface area contributed by atoms with E-state index in [0.717, 1.165) is 36.6 Å². The summed E-state index contributed by atoms with van der Waals surface area (Å²) in [5.41, 5.74) is 0.532. The van der Waals surface area contributed by atoms with Crippen LogP contribution in [-0.2, 0) is 14.8 Å². The summed E-state index contributed by atoms with van der Waals surface area (Å²) in [4.78, 5) is 22.3. The number of aryl methyl sites for hydroxylation is 1. The molecule has 2 aliphatic rings. The van der Waals surface area contributed by atoms with Crippen molar-refractivity contribution in [2.45, 2.75) is 24.0 Å². The van der Waals surface area contributed by atoms with E-state index in [0.29, 0.717) is 36.0 Å². The van der Waals surface area contributed by atoms with Gasteiger partial charge in [0.25, 0.3) is 10.0 Å². The molecule has 0 spiro atoms. The fraction of sp³-hybridized carbons (Fsp3) is 0.476. The van der Waals surface area contributed by atoms with Gasteiger partial charge in [-0.2, -0.15) is 9.57 Å². The molecule has 31 heavy (non-hydrogen) atoms. The van der Waals surface area contributed by atoms with Crippen LogP contribution in [0, 0.1) is 24.2 Å². The number of rotatable bonds is 4. The molecule has 10 heteroatoms. The van der Waals surface area contributed by atoms with Gasteiger partial charge in [0.15, 0.2) is 0 Å². The third kappa shape index (κ3) is 4.59. The number of thiophene rings is 1. The first kappa shape index (κ1) is 21.7. The first-order valence-corrected chi connectivity index (χ1v) is 12.6. The number of sulfonamides is 1. The van der Waals surface area contributed by atoms with Crippen LogP contribution in [0.3, 0.4) is 0 Å². The molecule has 8 nitrogen and oxygen atoms in total. The number of piperidine rings is 1. The van der Waals surface area contributed by atoms with Crippen LogP contribution in [0.4, 0.5) is 5.82 Å². The second kappa shape index (κ2) is 8.94. The number of carbonyl (C=O) groups excluding carboxylic acids is 1. The van der Waals surface area contributed by atoms with Gasteiger partial charge in [0.05, 0.1) is 5.56 Å². The maximum atomic E-state index is 13.0. The highest BCUT2D eigenvalue weighted by Gasteiger charge is 2.34. The predicted molar refractivity (Wildman–Crippen MR) is 118 cm³/mol. The van der Waals surface area contributed by atoms with E-state index in [-0.39, 0.29) is 11.8 Å². The van der Waals surface area contributed by atoms with Crippen LogP contribution in [0.2, 0.25) is 0 Å². The molecule has 4 rings (SSSR count). The fourth-order valence-corrected chi connectivity index (χ4v) is 6.94. The number of aromatic nitrogens is 1. The van der Waals surface area contributed by atoms with E-state index >= 15 is 0 Å². The zero-order valence-electron chi connectivity index (χ0n) is 17.4. The number of pyridine rings is 1. The van der Waals surface area contributed by atoms with E-state index in [1.165, 1.54) is 15.6 Å². The van der Waals surface area contributed by atoms with Crippen molar-refractivity contribution in [1.29, 1.82) is 5.26 Å². The summed E-state index contributed by atoms with van der Waals surface area (Å²) in [6, 6.07) is 9.14. The first-order chi connectivity index (χ1) is 14.9. The highest BCUT2D eigenvalue weighted by molar-refractivity contribution is 7.91. The minimum atomic E-state index is -3.48. The number of piperazine rings is 1. The van der Waals surface area contributed by atoms with Gasteiger partial charge in [0.2, 0.25) is 5.91 Å². The third-order valence-electron chi connectivity index (χ3n) is 5.91. The van der Waals surface area contributed by atoms with Crippen LogP contribution in [0.1, 0.15) is 23.3 Å². The molecular weight excluding hydrogens is 434 g/mol. The number of nitrogens with zero attached hydrogens (tertiary/aromatic N) is 5. The number of anilines is 1. The number of carbonyl (C=O) groups is 1. The molecule has 0 atom stereocenters. The third-order valence-corrected chi connectivity index (χ3v) is 9.27. The fourth-order valence-electron chi connectivity index (χ4n) is 4.08. The Kier molecular flexibility index (Phi) is 6.27. The Hall–Kier alpha value is -2.48. The Morgan fingerprint density at radius 2 is 1.81 bits per heavy atom. The standard InChI is InChI=1S/C21H25N5O3S2/c1-16-2-5-20(30-16)31(28,29)26-12-10-25(11-13-26)21(27)18-6-8-24(9-7-18)19-4-3-17(14-22)15-23-19/h2-5,15,18H,6-13H2,1H3. The summed E-state index contributed by atoms with van der Waals surface area (Å²) < 4.78 is 27.4. The van der Waals surface area contributed by atoms with Gasteiger partial charge >= 0.3 is 0 Å². The topological polar surface area (TPSA) is 97.6 Å². The Bertz CT molecular complexity index is 1070. The van der Waals surface area contributed by atoms with Gasteiger partial charge in [-0.25, -0.2) is 13.4 Å². The van der Waals surface area contributed by atoms with Gasteiger partial charge < -0.3 is 9.80 Å². The highest BCUT2D eigenvalue weighted by Crippen LogP contribution is 2.27. The minimum absolute atomic E-state index is 0.0438. The van der Waals surface area contributed by atoms with E-state index < -0.39 is 10.0 Å². The maximum Gasteiger partial charge on any atom is 0.252 e. The van der Waals surface area contributed by atoms with Crippen LogP contribution in [0.25, 0.3) is 0 Å². The predicted octanol–water partition coefficient (Wildman–Crippen LogP) is 2.07. The molecule has 2 aliphatic heterocycles. The molecule has 0 N–H and O–H groups in total. The molecule has 4 heterocycles. The molecular formula is C21H25N5O3S2. The summed E-state index contributed by atoms with van der Waals surface area (Å²) in [5.74, 6) is 0.904. The van der Waals surface area contributed by atoms with Crippen LogP contribution in [-0.4, -0.2) is 67.8 Å². The van der Waals surface area contributed by atoms with Gasteiger partial charge in [0, 0.05) is 56.3 Å². The van der Waals surface area contributed by atoms with Crippen molar-refractivity contribution in [3.05, 3.63) is 40.9 Å². The molecule has 0 aromatic carbocycles. The van der Waals surface area contributed by atoms with Crippen LogP contribution in [0.15, 0.2) is 34.7 Å². The molecule has 2 aromatic heterocycles. The van der Waals surface area contributed by atoms with Crippen molar-refractivity contribution < 1.29 is 13.2 Å².